The molecule has 32 heteroatoms. The molecule has 6 amide bonds. The number of anilines is 2. The summed E-state index contributed by atoms with van der Waals surface area (Å²) >= 11 is 3.74. The summed E-state index contributed by atoms with van der Waals surface area (Å²) in [5.74, 6) is -8.02. The molecule has 0 aliphatic carbocycles. The number of aliphatic hydroxyl groups is 1. The van der Waals surface area contributed by atoms with Gasteiger partial charge in [0.15, 0.2) is 17.1 Å². The number of aliphatic carboxylic acids is 4. The zero-order valence-electron chi connectivity index (χ0n) is 42.5. The Kier molecular flexibility index (Phi) is 36.3. The number of benzene rings is 1. The van der Waals surface area contributed by atoms with Gasteiger partial charge in [0.25, 0.3) is 17.4 Å². The number of thiol groups is 1. The number of carboxylic acid groups (broad SMARTS) is 4. The molecule has 0 saturated carbocycles. The smallest absolute Gasteiger partial charge is 0.327 e. The monoisotopic (exact) mass is 1100 g/mol. The zero-order chi connectivity index (χ0) is 58.3. The van der Waals surface area contributed by atoms with Crippen LogP contribution in [0, 0.1) is 0 Å². The molecule has 2 aromatic heterocycles. The highest BCUT2D eigenvalue weighted by Gasteiger charge is 2.25. The summed E-state index contributed by atoms with van der Waals surface area (Å²) in [5, 5.41) is 58.1. The van der Waals surface area contributed by atoms with Gasteiger partial charge in [0.1, 0.15) is 18.1 Å². The molecule has 0 fully saturated rings. The number of aliphatic imine (C=N–C) groups is 1. The van der Waals surface area contributed by atoms with Crippen molar-refractivity contribution in [2.75, 3.05) is 43.5 Å². The second-order valence-electron chi connectivity index (χ2n) is 15.4. The second kappa shape index (κ2) is 39.8. The molecule has 0 aliphatic rings. The number of fused-ring (bicyclic) bond motifs is 1. The van der Waals surface area contributed by atoms with E-state index in [4.69, 9.17) is 42.4 Å². The third-order valence-electron chi connectivity index (χ3n) is 8.69. The molecule has 2 heterocycles. The van der Waals surface area contributed by atoms with Crippen LogP contribution in [0.5, 0.6) is 0 Å². The maximum Gasteiger partial charge on any atom is 0.327 e. The van der Waals surface area contributed by atoms with Crippen LogP contribution in [0.3, 0.4) is 0 Å². The predicted molar refractivity (Wildman–Crippen MR) is 278 cm³/mol. The number of hydrogen-bond acceptors (Lipinski definition) is 19. The fourth-order valence-electron chi connectivity index (χ4n) is 5.42. The van der Waals surface area contributed by atoms with Crippen LogP contribution in [0.15, 0.2) is 40.2 Å². The minimum atomic E-state index is -1.33. The number of nitrogen functional groups attached to an aromatic ring is 1. The Balaban J connectivity index is 0. The fraction of sp³-hybridized carbons (Fsp3) is 0.477. The number of aromatic nitrogens is 4. The molecule has 31 nitrogen and oxygen atoms in total. The number of nitrogens with one attached hydrogen (secondary N) is 8. The minimum Gasteiger partial charge on any atom is -0.481 e. The first kappa shape index (κ1) is 69.4. The number of rotatable bonds is 27. The van der Waals surface area contributed by atoms with E-state index in [0.29, 0.717) is 36.3 Å². The molecule has 0 saturated heterocycles. The molecule has 4 atom stereocenters. The van der Waals surface area contributed by atoms with Crippen molar-refractivity contribution in [3.05, 3.63) is 52.1 Å². The summed E-state index contributed by atoms with van der Waals surface area (Å²) in [6, 6.07) is 2.55. The zero-order valence-corrected chi connectivity index (χ0v) is 43.3. The number of carboxylic acids is 4. The lowest BCUT2D eigenvalue weighted by Gasteiger charge is -2.20. The van der Waals surface area contributed by atoms with Gasteiger partial charge < -0.3 is 80.0 Å². The summed E-state index contributed by atoms with van der Waals surface area (Å²) in [7, 11) is 1.00. The molecular weight excluding hydrogens is 1030 g/mol. The first-order valence-corrected chi connectivity index (χ1v) is 23.5. The Labute approximate surface area is 440 Å². The number of nitrogens with two attached hydrogens (primary N) is 3. The summed E-state index contributed by atoms with van der Waals surface area (Å²) in [4.78, 5) is 143. The largest absolute Gasteiger partial charge is 0.481 e. The van der Waals surface area contributed by atoms with Gasteiger partial charge in [0.05, 0.1) is 37.8 Å². The third kappa shape index (κ3) is 32.4. The topological polar surface area (TPSA) is 518 Å². The number of hydrogen-bond donors (Lipinski definition) is 17. The molecule has 0 aliphatic heterocycles. The van der Waals surface area contributed by atoms with Gasteiger partial charge in [-0.1, -0.05) is 20.3 Å². The Bertz CT molecular complexity index is 2440. The lowest BCUT2D eigenvalue weighted by Crippen LogP contribution is -2.50. The molecule has 0 radical (unpaired) electrons. The van der Waals surface area contributed by atoms with Crippen molar-refractivity contribution in [3.8, 4) is 0 Å². The van der Waals surface area contributed by atoms with Crippen molar-refractivity contribution >= 4 is 101 Å². The number of aromatic amines is 1. The van der Waals surface area contributed by atoms with Gasteiger partial charge in [-0.2, -0.15) is 17.6 Å². The Morgan fingerprint density at radius 3 is 1.95 bits per heavy atom. The van der Waals surface area contributed by atoms with Gasteiger partial charge in [-0.15, -0.1) is 0 Å². The normalized spacial score (nSPS) is 11.4. The van der Waals surface area contributed by atoms with Crippen molar-refractivity contribution in [3.63, 3.8) is 0 Å². The van der Waals surface area contributed by atoms with Gasteiger partial charge in [-0.3, -0.25) is 57.9 Å². The van der Waals surface area contributed by atoms with Gasteiger partial charge in [0.2, 0.25) is 36.0 Å². The number of carbonyl (C=O) groups excluding carboxylic acids is 6. The van der Waals surface area contributed by atoms with Crippen LogP contribution in [-0.4, -0.2) is 168 Å². The van der Waals surface area contributed by atoms with E-state index in [1.807, 2.05) is 5.32 Å². The molecule has 0 bridgehead atoms. The van der Waals surface area contributed by atoms with Crippen molar-refractivity contribution in [2.24, 2.45) is 16.5 Å². The van der Waals surface area contributed by atoms with Crippen LogP contribution in [0.4, 0.5) is 11.6 Å². The summed E-state index contributed by atoms with van der Waals surface area (Å²) in [5.41, 5.74) is 17.4. The van der Waals surface area contributed by atoms with Crippen molar-refractivity contribution in [1.82, 2.24) is 51.8 Å². The number of H-pyrrole nitrogens is 1. The summed E-state index contributed by atoms with van der Waals surface area (Å²) in [6.07, 6.45) is 3.03. The molecule has 1 aromatic carbocycles. The highest BCUT2D eigenvalue weighted by Crippen LogP contribution is 2.12. The van der Waals surface area contributed by atoms with Crippen molar-refractivity contribution in [1.29, 1.82) is 0 Å². The number of guanidine groups is 1. The lowest BCUT2D eigenvalue weighted by atomic mass is 10.1. The van der Waals surface area contributed by atoms with E-state index >= 15 is 0 Å². The molecule has 0 spiro atoms. The average Bonchev–Trinajstić information content (AvgIpc) is 3.34. The number of carbonyl (C=O) groups is 10. The minimum absolute atomic E-state index is 0.0275. The van der Waals surface area contributed by atoms with Crippen LogP contribution in [-0.2, 0) is 49.7 Å². The molecule has 76 heavy (non-hydrogen) atoms. The van der Waals surface area contributed by atoms with E-state index in [1.54, 1.807) is 31.2 Å². The maximum atomic E-state index is 12.6. The second-order valence-corrected chi connectivity index (χ2v) is 15.7. The lowest BCUT2D eigenvalue weighted by molar-refractivity contribution is -0.141. The quantitative estimate of drug-likeness (QED) is 0.0121. The van der Waals surface area contributed by atoms with E-state index in [9.17, 15) is 53.1 Å². The average molecular weight is 1100 g/mol. The molecule has 3 rings (SSSR count). The molecule has 19 N–H and O–H groups in total. The Morgan fingerprint density at radius 2 is 1.41 bits per heavy atom. The number of nitrogens with zero attached hydrogens (tertiary/aromatic N) is 4. The SMILES string of the molecule is CC(=O)O.CCC.CO.C[C@H](CCCN=C(N)N)NC(=O)C(CC(=O)O)NC(=O)CCCNC(=O)c1ccc(NCc2cnc3nc(N)[nH]c(=O)c3n2)cc1.O=CNC(CC(=O)O)C(=O)NCC(=O)NC(CS)C(=O)O. The van der Waals surface area contributed by atoms with E-state index in [0.717, 1.165) is 14.0 Å². The van der Waals surface area contributed by atoms with E-state index in [2.05, 4.69) is 83.3 Å². The molecule has 422 valence electrons. The molecule has 3 unspecified atom stereocenters. The highest BCUT2D eigenvalue weighted by atomic mass is 32.1. The summed E-state index contributed by atoms with van der Waals surface area (Å²) < 4.78 is 0. The van der Waals surface area contributed by atoms with Crippen LogP contribution in [0.1, 0.15) is 88.7 Å². The Hall–Kier alpha value is -8.68. The number of aliphatic hydroxyl groups excluding tert-OH is 1. The Morgan fingerprint density at radius 1 is 0.829 bits per heavy atom. The highest BCUT2D eigenvalue weighted by molar-refractivity contribution is 7.80. The van der Waals surface area contributed by atoms with Crippen molar-refractivity contribution in [2.45, 2.75) is 103 Å². The third-order valence-corrected chi connectivity index (χ3v) is 9.05. The van der Waals surface area contributed by atoms with E-state index in [-0.39, 0.29) is 73.1 Å². The molecule has 3 aromatic rings. The van der Waals surface area contributed by atoms with Gasteiger partial charge in [0, 0.05) is 56.6 Å². The predicted octanol–water partition coefficient (Wildman–Crippen LogP) is -2.76. The van der Waals surface area contributed by atoms with Gasteiger partial charge in [-0.25, -0.2) is 14.8 Å². The van der Waals surface area contributed by atoms with Crippen LogP contribution in [0.25, 0.3) is 11.2 Å². The molecular formula is C44H69N15O16S. The first-order valence-electron chi connectivity index (χ1n) is 22.8. The van der Waals surface area contributed by atoms with Crippen LogP contribution >= 0.6 is 12.6 Å². The fourth-order valence-corrected chi connectivity index (χ4v) is 5.67. The maximum absolute atomic E-state index is 12.6. The van der Waals surface area contributed by atoms with E-state index < -0.39 is 90.6 Å². The van der Waals surface area contributed by atoms with Crippen LogP contribution < -0.4 is 60.0 Å². The van der Waals surface area contributed by atoms with Gasteiger partial charge in [-0.05, 0) is 50.5 Å². The van der Waals surface area contributed by atoms with Gasteiger partial charge >= 0.3 is 17.9 Å². The summed E-state index contributed by atoms with van der Waals surface area (Å²) in [6.45, 7) is 7.35. The van der Waals surface area contributed by atoms with Crippen LogP contribution in [0.2, 0.25) is 0 Å². The number of amides is 6. The van der Waals surface area contributed by atoms with E-state index in [1.165, 1.54) is 12.6 Å². The standard InChI is InChI=1S/C28H38N12O6.C10H15N3O7S.C3H8.C2H4O2.CH4O/c1-15(4-2-11-33-27(29)30)36-25(45)19(12-21(42)43)38-20(41)5-3-10-32-24(44)16-6-8-17(9-7-16)34-13-18-14-35-23-22(37-18)26(46)40-28(31)39-23;14-4-12-5(1-8(16)17)9(18)11-2-7(15)13-6(3-21)10(19)20;1-3-2;1-2(3)4;1-2/h6-9,14-15,19,34H,2-5,10-13H2,1H3,(H,32,44)(H,36,45)(H,38,41)(H,42,43)(H4,29,30,33)(H3,31,35,39,40,46);4-6,21H,1-3H2,(H,11,18)(H,12,14)(H,13,15)(H,16,17)(H,19,20);3H2,1-2H3;1H3,(H,3,4);2H,1H3/t15-,19?;;;;/m1..../s1. The van der Waals surface area contributed by atoms with Crippen molar-refractivity contribution < 1.29 is 73.5 Å². The first-order chi connectivity index (χ1) is 35.9.